The van der Waals surface area contributed by atoms with Gasteiger partial charge in [-0.3, -0.25) is 0 Å². The molecule has 1 unspecified atom stereocenters. The molecule has 0 aliphatic carbocycles. The number of imidazole rings is 1. The van der Waals surface area contributed by atoms with E-state index in [9.17, 15) is 4.79 Å². The summed E-state index contributed by atoms with van der Waals surface area (Å²) in [7, 11) is 0. The second-order valence-corrected chi connectivity index (χ2v) is 6.10. The zero-order valence-corrected chi connectivity index (χ0v) is 12.2. The second-order valence-electron chi connectivity index (χ2n) is 6.10. The van der Waals surface area contributed by atoms with Crippen molar-refractivity contribution in [1.29, 1.82) is 0 Å². The number of carbonyl (C=O) groups is 1. The van der Waals surface area contributed by atoms with Crippen LogP contribution < -0.4 is 0 Å². The van der Waals surface area contributed by atoms with Gasteiger partial charge in [-0.05, 0) is 40.5 Å². The Labute approximate surface area is 114 Å². The highest BCUT2D eigenvalue weighted by atomic mass is 16.6. The van der Waals surface area contributed by atoms with Crippen molar-refractivity contribution in [2.24, 2.45) is 0 Å². The fourth-order valence-corrected chi connectivity index (χ4v) is 2.41. The lowest BCUT2D eigenvalue weighted by Crippen LogP contribution is -2.41. The molecule has 1 atom stereocenters. The van der Waals surface area contributed by atoms with Crippen LogP contribution in [0.5, 0.6) is 0 Å². The topological polar surface area (TPSA) is 47.4 Å². The van der Waals surface area contributed by atoms with Crippen LogP contribution in [0, 0.1) is 6.92 Å². The maximum atomic E-state index is 12.2. The van der Waals surface area contributed by atoms with Crippen molar-refractivity contribution in [3.05, 3.63) is 18.2 Å². The van der Waals surface area contributed by atoms with E-state index in [1.807, 2.05) is 38.8 Å². The summed E-state index contributed by atoms with van der Waals surface area (Å²) in [5.74, 6) is 0.982. The lowest BCUT2D eigenvalue weighted by molar-refractivity contribution is 0.0213. The SMILES string of the molecule is Cc1nccn1CC1CCCN1C(=O)OC(C)(C)C. The van der Waals surface area contributed by atoms with Crippen LogP contribution in [0.1, 0.15) is 39.4 Å². The minimum Gasteiger partial charge on any atom is -0.444 e. The van der Waals surface area contributed by atoms with Gasteiger partial charge in [0.1, 0.15) is 11.4 Å². The molecular weight excluding hydrogens is 242 g/mol. The minimum absolute atomic E-state index is 0.201. The van der Waals surface area contributed by atoms with E-state index in [4.69, 9.17) is 4.74 Å². The highest BCUT2D eigenvalue weighted by molar-refractivity contribution is 5.68. The van der Waals surface area contributed by atoms with E-state index >= 15 is 0 Å². The number of ether oxygens (including phenoxy) is 1. The first kappa shape index (κ1) is 13.9. The van der Waals surface area contributed by atoms with Gasteiger partial charge >= 0.3 is 6.09 Å². The Morgan fingerprint density at radius 1 is 1.53 bits per heavy atom. The molecule has 2 rings (SSSR count). The van der Waals surface area contributed by atoms with Crippen LogP contribution in [0.25, 0.3) is 0 Å². The molecule has 2 heterocycles. The van der Waals surface area contributed by atoms with E-state index < -0.39 is 5.60 Å². The van der Waals surface area contributed by atoms with Crippen molar-refractivity contribution in [1.82, 2.24) is 14.5 Å². The molecule has 5 nitrogen and oxygen atoms in total. The first-order chi connectivity index (χ1) is 8.87. The number of amides is 1. The fourth-order valence-electron chi connectivity index (χ4n) is 2.41. The summed E-state index contributed by atoms with van der Waals surface area (Å²) in [6, 6.07) is 0.211. The van der Waals surface area contributed by atoms with Gasteiger partial charge in [0.15, 0.2) is 0 Å². The van der Waals surface area contributed by atoms with E-state index in [-0.39, 0.29) is 12.1 Å². The van der Waals surface area contributed by atoms with Crippen LogP contribution >= 0.6 is 0 Å². The molecule has 1 saturated heterocycles. The van der Waals surface area contributed by atoms with Gasteiger partial charge in [0.05, 0.1) is 6.04 Å². The Bertz CT molecular complexity index is 448. The van der Waals surface area contributed by atoms with Crippen LogP contribution in [-0.2, 0) is 11.3 Å². The molecular formula is C14H23N3O2. The predicted molar refractivity (Wildman–Crippen MR) is 72.9 cm³/mol. The van der Waals surface area contributed by atoms with E-state index in [2.05, 4.69) is 9.55 Å². The predicted octanol–water partition coefficient (Wildman–Crippen LogP) is 2.59. The Kier molecular flexibility index (Phi) is 3.83. The average Bonchev–Trinajstić information content (AvgIpc) is 2.87. The molecule has 0 radical (unpaired) electrons. The minimum atomic E-state index is -0.435. The molecule has 19 heavy (non-hydrogen) atoms. The third-order valence-corrected chi connectivity index (χ3v) is 3.34. The molecule has 5 heteroatoms. The molecule has 0 bridgehead atoms. The number of rotatable bonds is 2. The van der Waals surface area contributed by atoms with Gasteiger partial charge in [-0.25, -0.2) is 9.78 Å². The lowest BCUT2D eigenvalue weighted by Gasteiger charge is -2.29. The van der Waals surface area contributed by atoms with E-state index in [1.54, 1.807) is 6.20 Å². The standard InChI is InChI=1S/C14H23N3O2/c1-11-15-7-9-16(11)10-12-6-5-8-17(12)13(18)19-14(2,3)4/h7,9,12H,5-6,8,10H2,1-4H3. The molecule has 0 saturated carbocycles. The van der Waals surface area contributed by atoms with Crippen LogP contribution in [0.15, 0.2) is 12.4 Å². The molecule has 0 N–H and O–H groups in total. The third-order valence-electron chi connectivity index (χ3n) is 3.34. The number of likely N-dealkylation sites (tertiary alicyclic amines) is 1. The number of hydrogen-bond donors (Lipinski definition) is 0. The summed E-state index contributed by atoms with van der Waals surface area (Å²) in [5.41, 5.74) is -0.435. The average molecular weight is 265 g/mol. The zero-order chi connectivity index (χ0) is 14.0. The molecule has 1 aliphatic heterocycles. The number of carbonyl (C=O) groups excluding carboxylic acids is 1. The monoisotopic (exact) mass is 265 g/mol. The highest BCUT2D eigenvalue weighted by Gasteiger charge is 2.32. The van der Waals surface area contributed by atoms with Gasteiger partial charge in [0.25, 0.3) is 0 Å². The van der Waals surface area contributed by atoms with Crippen LogP contribution in [0.4, 0.5) is 4.79 Å². The van der Waals surface area contributed by atoms with Gasteiger partial charge in [0, 0.05) is 25.5 Å². The molecule has 1 fully saturated rings. The van der Waals surface area contributed by atoms with E-state index in [0.717, 1.165) is 31.8 Å². The van der Waals surface area contributed by atoms with Gasteiger partial charge < -0.3 is 14.2 Å². The zero-order valence-electron chi connectivity index (χ0n) is 12.2. The molecule has 1 aromatic heterocycles. The quantitative estimate of drug-likeness (QED) is 0.825. The highest BCUT2D eigenvalue weighted by Crippen LogP contribution is 2.22. The molecule has 1 amide bonds. The molecule has 0 spiro atoms. The second kappa shape index (κ2) is 5.23. The van der Waals surface area contributed by atoms with Crippen LogP contribution in [-0.4, -0.2) is 38.7 Å². The maximum absolute atomic E-state index is 12.2. The number of aryl methyl sites for hydroxylation is 1. The normalized spacial score (nSPS) is 19.8. The van der Waals surface area contributed by atoms with Crippen molar-refractivity contribution >= 4 is 6.09 Å². The first-order valence-corrected chi connectivity index (χ1v) is 6.84. The Balaban J connectivity index is 2.01. The first-order valence-electron chi connectivity index (χ1n) is 6.84. The summed E-state index contributed by atoms with van der Waals surface area (Å²) in [6.45, 7) is 9.26. The van der Waals surface area contributed by atoms with Crippen molar-refractivity contribution in [2.75, 3.05) is 6.54 Å². The summed E-state index contributed by atoms with van der Waals surface area (Å²) in [5, 5.41) is 0. The van der Waals surface area contributed by atoms with Gasteiger partial charge in [0.2, 0.25) is 0 Å². The Morgan fingerprint density at radius 2 is 2.26 bits per heavy atom. The Morgan fingerprint density at radius 3 is 2.84 bits per heavy atom. The van der Waals surface area contributed by atoms with Gasteiger partial charge in [-0.2, -0.15) is 0 Å². The van der Waals surface area contributed by atoms with Gasteiger partial charge in [-0.15, -0.1) is 0 Å². The third kappa shape index (κ3) is 3.49. The summed E-state index contributed by atoms with van der Waals surface area (Å²) in [6.07, 6.45) is 5.62. The molecule has 1 aromatic rings. The smallest absolute Gasteiger partial charge is 0.410 e. The van der Waals surface area contributed by atoms with Crippen molar-refractivity contribution in [2.45, 2.75) is 58.7 Å². The van der Waals surface area contributed by atoms with Crippen molar-refractivity contribution < 1.29 is 9.53 Å². The van der Waals surface area contributed by atoms with Crippen LogP contribution in [0.3, 0.4) is 0 Å². The van der Waals surface area contributed by atoms with Crippen molar-refractivity contribution in [3.63, 3.8) is 0 Å². The molecule has 1 aliphatic rings. The van der Waals surface area contributed by atoms with Crippen LogP contribution in [0.2, 0.25) is 0 Å². The van der Waals surface area contributed by atoms with Gasteiger partial charge in [-0.1, -0.05) is 0 Å². The molecule has 0 aromatic carbocycles. The maximum Gasteiger partial charge on any atom is 0.410 e. The summed E-state index contributed by atoms with van der Waals surface area (Å²) >= 11 is 0. The number of aromatic nitrogens is 2. The van der Waals surface area contributed by atoms with E-state index in [1.165, 1.54) is 0 Å². The molecule has 106 valence electrons. The number of hydrogen-bond acceptors (Lipinski definition) is 3. The largest absolute Gasteiger partial charge is 0.444 e. The fraction of sp³-hybridized carbons (Fsp3) is 0.714. The van der Waals surface area contributed by atoms with E-state index in [0.29, 0.717) is 0 Å². The lowest BCUT2D eigenvalue weighted by atomic mass is 10.2. The summed E-state index contributed by atoms with van der Waals surface area (Å²) < 4.78 is 7.55. The number of nitrogens with zero attached hydrogens (tertiary/aromatic N) is 3. The van der Waals surface area contributed by atoms with Crippen molar-refractivity contribution in [3.8, 4) is 0 Å². The summed E-state index contributed by atoms with van der Waals surface area (Å²) in [4.78, 5) is 18.2. The Hall–Kier alpha value is -1.52.